The average molecular weight is 375 g/mol. The summed E-state index contributed by atoms with van der Waals surface area (Å²) in [6.07, 6.45) is 1.48. The maximum atomic E-state index is 8.18. The molecule has 28 heavy (non-hydrogen) atoms. The van der Waals surface area contributed by atoms with Gasteiger partial charge < -0.3 is 14.2 Å². The summed E-state index contributed by atoms with van der Waals surface area (Å²) in [7, 11) is 0. The number of furan rings is 1. The third kappa shape index (κ3) is 2.27. The Kier molecular flexibility index (Phi) is 2.88. The van der Waals surface area contributed by atoms with Crippen LogP contribution >= 0.6 is 0 Å². The molecular weight excluding hydrogens is 346 g/mol. The van der Waals surface area contributed by atoms with Crippen LogP contribution in [-0.2, 0) is 0 Å². The van der Waals surface area contributed by atoms with Crippen LogP contribution in [-0.4, -0.2) is 16.7 Å². The van der Waals surface area contributed by atoms with Gasteiger partial charge in [0.05, 0.1) is 11.4 Å². The number of hydrogen-bond acceptors (Lipinski definition) is 4. The molecule has 2 aromatic carbocycles. The van der Waals surface area contributed by atoms with Crippen molar-refractivity contribution in [2.75, 3.05) is 9.80 Å². The van der Waals surface area contributed by atoms with Gasteiger partial charge in [0, 0.05) is 26.6 Å². The van der Waals surface area contributed by atoms with Gasteiger partial charge in [0.2, 0.25) is 0 Å². The summed E-state index contributed by atoms with van der Waals surface area (Å²) in [5.74, 6) is 0.739. The number of aryl methyl sites for hydroxylation is 1. The van der Waals surface area contributed by atoms with Gasteiger partial charge in [-0.1, -0.05) is 30.3 Å². The molecule has 4 heteroatoms. The number of benzene rings is 2. The number of rotatable bonds is 1. The first-order chi connectivity index (χ1) is 14.6. The number of nitrogens with zero attached hydrogens (tertiary/aromatic N) is 3. The van der Waals surface area contributed by atoms with Gasteiger partial charge in [-0.2, -0.15) is 0 Å². The first-order valence-electron chi connectivity index (χ1n) is 11.1. The van der Waals surface area contributed by atoms with E-state index in [0.717, 1.165) is 44.7 Å². The van der Waals surface area contributed by atoms with Crippen molar-refractivity contribution >= 4 is 39.1 Å². The third-order valence-corrected chi connectivity index (χ3v) is 5.57. The largest absolute Gasteiger partial charge is 0.454 e. The van der Waals surface area contributed by atoms with E-state index in [1.165, 1.54) is 0 Å². The Morgan fingerprint density at radius 2 is 1.89 bits per heavy atom. The highest BCUT2D eigenvalue weighted by atomic mass is 16.3. The van der Waals surface area contributed by atoms with Crippen molar-refractivity contribution in [3.05, 3.63) is 60.3 Å². The molecule has 0 saturated heterocycles. The molecule has 4 aromatic rings. The van der Waals surface area contributed by atoms with E-state index in [1.807, 2.05) is 42.2 Å². The van der Waals surface area contributed by atoms with E-state index in [9.17, 15) is 0 Å². The maximum Gasteiger partial charge on any atom is 0.159 e. The Bertz CT molecular complexity index is 1310. The Morgan fingerprint density at radius 1 is 1.07 bits per heavy atom. The standard InChI is InChI=1S/C24H25N3O/c1-15-12-13-18-17-9-6-7-11-20(17)28-22(18)21(15)26-16(2)27(24(3,4)5)19-10-8-14-25-23(19)26/h6-14,16H,1-5H3/i3D3. The van der Waals surface area contributed by atoms with Gasteiger partial charge in [0.1, 0.15) is 11.7 Å². The molecule has 1 atom stereocenters. The summed E-state index contributed by atoms with van der Waals surface area (Å²) >= 11 is 0. The Balaban J connectivity index is 1.79. The van der Waals surface area contributed by atoms with Crippen molar-refractivity contribution in [3.63, 3.8) is 0 Å². The maximum absolute atomic E-state index is 8.18. The van der Waals surface area contributed by atoms with Crippen molar-refractivity contribution in [2.45, 2.75) is 46.3 Å². The lowest BCUT2D eigenvalue weighted by molar-refractivity contribution is 0.468. The van der Waals surface area contributed by atoms with Crippen LogP contribution < -0.4 is 9.80 Å². The molecule has 4 nitrogen and oxygen atoms in total. The molecule has 0 aliphatic carbocycles. The van der Waals surface area contributed by atoms with Gasteiger partial charge in [0.15, 0.2) is 11.4 Å². The molecule has 1 aliphatic rings. The minimum Gasteiger partial charge on any atom is -0.454 e. The first kappa shape index (κ1) is 14.1. The van der Waals surface area contributed by atoms with Crippen molar-refractivity contribution in [3.8, 4) is 0 Å². The predicted molar refractivity (Wildman–Crippen MR) is 117 cm³/mol. The zero-order valence-electron chi connectivity index (χ0n) is 19.5. The Labute approximate surface area is 169 Å². The number of fused-ring (bicyclic) bond motifs is 4. The fourth-order valence-electron chi connectivity index (χ4n) is 4.49. The molecule has 0 fully saturated rings. The number of pyridine rings is 1. The molecule has 142 valence electrons. The first-order valence-corrected chi connectivity index (χ1v) is 9.57. The van der Waals surface area contributed by atoms with Crippen molar-refractivity contribution < 1.29 is 8.53 Å². The van der Waals surface area contributed by atoms with Crippen LogP contribution in [0.2, 0.25) is 0 Å². The van der Waals surface area contributed by atoms with Gasteiger partial charge >= 0.3 is 0 Å². The van der Waals surface area contributed by atoms with E-state index in [4.69, 9.17) is 8.53 Å². The fraction of sp³-hybridized carbons (Fsp3) is 0.292. The fourth-order valence-corrected chi connectivity index (χ4v) is 4.49. The number of hydrogen-bond donors (Lipinski definition) is 0. The van der Waals surface area contributed by atoms with Crippen LogP contribution in [0.4, 0.5) is 17.2 Å². The smallest absolute Gasteiger partial charge is 0.159 e. The van der Waals surface area contributed by atoms with Crippen molar-refractivity contribution in [1.29, 1.82) is 0 Å². The second-order valence-corrected chi connectivity index (χ2v) is 7.98. The molecule has 0 radical (unpaired) electrons. The van der Waals surface area contributed by atoms with Gasteiger partial charge in [-0.15, -0.1) is 0 Å². The predicted octanol–water partition coefficient (Wildman–Crippen LogP) is 6.39. The molecular formula is C24H25N3O. The van der Waals surface area contributed by atoms with Gasteiger partial charge in [-0.05, 0) is 58.3 Å². The molecule has 0 spiro atoms. The molecule has 2 aromatic heterocycles. The van der Waals surface area contributed by atoms with E-state index >= 15 is 0 Å². The monoisotopic (exact) mass is 374 g/mol. The Hall–Kier alpha value is -3.01. The lowest BCUT2D eigenvalue weighted by atomic mass is 10.0. The number of anilines is 3. The second kappa shape index (κ2) is 5.74. The van der Waals surface area contributed by atoms with Gasteiger partial charge in [0.25, 0.3) is 0 Å². The van der Waals surface area contributed by atoms with Crippen LogP contribution in [0.3, 0.4) is 0 Å². The molecule has 1 unspecified atom stereocenters. The average Bonchev–Trinajstić information content (AvgIpc) is 3.22. The Morgan fingerprint density at radius 3 is 2.71 bits per heavy atom. The van der Waals surface area contributed by atoms with Crippen LogP contribution in [0.1, 0.15) is 37.3 Å². The SMILES string of the molecule is [2H]C([2H])([2H])C(C)(C)N1c2cccnc2N(c2c(C)ccc3c2oc2ccccc23)C1C. The van der Waals surface area contributed by atoms with Crippen molar-refractivity contribution in [1.82, 2.24) is 4.98 Å². The summed E-state index contributed by atoms with van der Waals surface area (Å²) < 4.78 is 30.9. The minimum atomic E-state index is -2.18. The van der Waals surface area contributed by atoms with E-state index in [2.05, 4.69) is 35.0 Å². The molecule has 0 amide bonds. The van der Waals surface area contributed by atoms with Crippen LogP contribution in [0.5, 0.6) is 0 Å². The third-order valence-electron chi connectivity index (χ3n) is 5.57. The lowest BCUT2D eigenvalue weighted by Crippen LogP contribution is -2.49. The van der Waals surface area contributed by atoms with E-state index in [1.54, 1.807) is 20.0 Å². The van der Waals surface area contributed by atoms with Gasteiger partial charge in [-0.25, -0.2) is 4.98 Å². The molecule has 0 bridgehead atoms. The van der Waals surface area contributed by atoms with Crippen LogP contribution in [0, 0.1) is 6.92 Å². The zero-order valence-corrected chi connectivity index (χ0v) is 16.5. The van der Waals surface area contributed by atoms with E-state index < -0.39 is 12.4 Å². The minimum absolute atomic E-state index is 0.266. The number of para-hydroxylation sites is 1. The molecule has 1 aliphatic heterocycles. The summed E-state index contributed by atoms with van der Waals surface area (Å²) in [6, 6.07) is 16.0. The zero-order chi connectivity index (χ0) is 22.1. The van der Waals surface area contributed by atoms with Crippen LogP contribution in [0.25, 0.3) is 21.9 Å². The van der Waals surface area contributed by atoms with Crippen LogP contribution in [0.15, 0.2) is 59.1 Å². The summed E-state index contributed by atoms with van der Waals surface area (Å²) in [5, 5.41) is 2.10. The van der Waals surface area contributed by atoms with E-state index in [0.29, 0.717) is 0 Å². The van der Waals surface area contributed by atoms with E-state index in [-0.39, 0.29) is 6.17 Å². The topological polar surface area (TPSA) is 32.5 Å². The molecule has 0 N–H and O–H groups in total. The van der Waals surface area contributed by atoms with Gasteiger partial charge in [-0.3, -0.25) is 0 Å². The second-order valence-electron chi connectivity index (χ2n) is 7.98. The summed E-state index contributed by atoms with van der Waals surface area (Å²) in [5.41, 5.74) is 3.31. The highest BCUT2D eigenvalue weighted by Crippen LogP contribution is 2.49. The lowest BCUT2D eigenvalue weighted by Gasteiger charge is -2.39. The molecule has 5 rings (SSSR count). The quantitative estimate of drug-likeness (QED) is 0.386. The highest BCUT2D eigenvalue weighted by Gasteiger charge is 2.41. The molecule has 3 heterocycles. The normalized spacial score (nSPS) is 19.0. The van der Waals surface area contributed by atoms with Crippen molar-refractivity contribution in [2.24, 2.45) is 0 Å². The summed E-state index contributed by atoms with van der Waals surface area (Å²) in [6.45, 7) is 5.44. The summed E-state index contributed by atoms with van der Waals surface area (Å²) in [4.78, 5) is 8.75. The number of aromatic nitrogens is 1. The highest BCUT2D eigenvalue weighted by molar-refractivity contribution is 6.10. The molecule has 0 saturated carbocycles.